The van der Waals surface area contributed by atoms with E-state index < -0.39 is 35.5 Å². The molecule has 4 rings (SSSR count). The summed E-state index contributed by atoms with van der Waals surface area (Å²) in [6.07, 6.45) is 0.702. The van der Waals surface area contributed by atoms with Crippen LogP contribution in [0, 0.1) is 11.8 Å². The van der Waals surface area contributed by atoms with Crippen molar-refractivity contribution in [1.82, 2.24) is 10.2 Å². The highest BCUT2D eigenvalue weighted by Crippen LogP contribution is 2.60. The average molecular weight is 515 g/mol. The highest BCUT2D eigenvalue weighted by atomic mass is 79.9. The topological polar surface area (TPSA) is 108 Å². The fourth-order valence-corrected chi connectivity index (χ4v) is 6.26. The van der Waals surface area contributed by atoms with E-state index in [4.69, 9.17) is 16.3 Å². The van der Waals surface area contributed by atoms with Crippen molar-refractivity contribution in [1.29, 1.82) is 0 Å². The maximum absolute atomic E-state index is 13.4. The van der Waals surface area contributed by atoms with E-state index >= 15 is 0 Å². The smallest absolute Gasteiger partial charge is 0.250 e. The lowest BCUT2D eigenvalue weighted by Crippen LogP contribution is -2.54. The van der Waals surface area contributed by atoms with Crippen molar-refractivity contribution in [3.63, 3.8) is 0 Å². The molecule has 3 aliphatic rings. The minimum atomic E-state index is -1.13. The number of aliphatic hydroxyl groups is 1. The van der Waals surface area contributed by atoms with Crippen molar-refractivity contribution in [3.05, 3.63) is 29.3 Å². The lowest BCUT2D eigenvalue weighted by Gasteiger charge is -2.34. The molecule has 2 bridgehead atoms. The van der Waals surface area contributed by atoms with Gasteiger partial charge in [-0.15, -0.1) is 0 Å². The van der Waals surface area contributed by atoms with E-state index in [1.54, 1.807) is 24.3 Å². The average Bonchev–Trinajstić information content (AvgIpc) is 3.32. The highest BCUT2D eigenvalue weighted by molar-refractivity contribution is 9.09. The number of β-amino-alcohol motifs (C(OH)–C–C–N with tert-alkyl or cyclic N) is 1. The van der Waals surface area contributed by atoms with E-state index in [-0.39, 0.29) is 29.8 Å². The van der Waals surface area contributed by atoms with Crippen LogP contribution in [0.1, 0.15) is 19.8 Å². The van der Waals surface area contributed by atoms with Crippen LogP contribution in [0.5, 0.6) is 0 Å². The molecule has 3 aliphatic heterocycles. The number of hydrogen-bond donors (Lipinski definition) is 3. The molecule has 1 aromatic carbocycles. The molecule has 6 atom stereocenters. The molecular weight excluding hydrogens is 490 g/mol. The molecule has 1 spiro atoms. The minimum Gasteiger partial charge on any atom is -0.395 e. The fourth-order valence-electron chi connectivity index (χ4n) is 5.19. The number of fused-ring (bicyclic) bond motifs is 1. The third-order valence-corrected chi connectivity index (χ3v) is 7.44. The number of benzene rings is 1. The first kappa shape index (κ1) is 22.5. The van der Waals surface area contributed by atoms with Gasteiger partial charge < -0.3 is 25.4 Å². The molecule has 8 nitrogen and oxygen atoms in total. The second-order valence-electron chi connectivity index (χ2n) is 8.21. The standard InChI is InChI=1S/C21H25BrClN3O5/c1-2-7-24-18(28)14-15-20(30)26(8-9-27)17(21(15)10-13(22)16(14)31-21)19(29)25-12-5-3-11(23)4-6-12/h3-6,13-17,27H,2,7-10H2,1H3,(H,24,28)(H,25,29)/t13?,14-,15+,16-,17?,21?/m1/s1. The summed E-state index contributed by atoms with van der Waals surface area (Å²) in [5.41, 5.74) is -0.596. The van der Waals surface area contributed by atoms with Crippen LogP contribution in [-0.4, -0.2) is 70.0 Å². The maximum atomic E-state index is 13.4. The zero-order valence-electron chi connectivity index (χ0n) is 17.0. The molecule has 168 valence electrons. The number of anilines is 1. The summed E-state index contributed by atoms with van der Waals surface area (Å²) in [5, 5.41) is 15.8. The molecule has 3 unspecified atom stereocenters. The highest BCUT2D eigenvalue weighted by Gasteiger charge is 2.76. The van der Waals surface area contributed by atoms with E-state index in [2.05, 4.69) is 26.6 Å². The maximum Gasteiger partial charge on any atom is 0.250 e. The molecule has 3 saturated heterocycles. The fraction of sp³-hybridized carbons (Fsp3) is 0.571. The van der Waals surface area contributed by atoms with Gasteiger partial charge in [0.05, 0.1) is 24.5 Å². The van der Waals surface area contributed by atoms with E-state index in [0.29, 0.717) is 23.7 Å². The van der Waals surface area contributed by atoms with Crippen molar-refractivity contribution in [3.8, 4) is 0 Å². The lowest BCUT2D eigenvalue weighted by molar-refractivity contribution is -0.141. The van der Waals surface area contributed by atoms with Crippen LogP contribution >= 0.6 is 27.5 Å². The first-order chi connectivity index (χ1) is 14.8. The molecule has 3 fully saturated rings. The number of alkyl halides is 1. The second kappa shape index (κ2) is 8.69. The van der Waals surface area contributed by atoms with Crippen LogP contribution in [0.2, 0.25) is 5.02 Å². The molecule has 3 heterocycles. The summed E-state index contributed by atoms with van der Waals surface area (Å²) in [4.78, 5) is 40.9. The molecule has 31 heavy (non-hydrogen) atoms. The molecule has 0 radical (unpaired) electrons. The van der Waals surface area contributed by atoms with Crippen LogP contribution in [0.25, 0.3) is 0 Å². The number of rotatable bonds is 7. The molecule has 0 saturated carbocycles. The van der Waals surface area contributed by atoms with E-state index in [9.17, 15) is 19.5 Å². The van der Waals surface area contributed by atoms with Crippen LogP contribution in [-0.2, 0) is 19.1 Å². The van der Waals surface area contributed by atoms with Crippen molar-refractivity contribution < 1.29 is 24.2 Å². The quantitative estimate of drug-likeness (QED) is 0.479. The Kier molecular flexibility index (Phi) is 6.31. The Hall–Kier alpha value is -1.68. The number of carbonyl (C=O) groups is 3. The Morgan fingerprint density at radius 2 is 2.03 bits per heavy atom. The summed E-state index contributed by atoms with van der Waals surface area (Å²) in [7, 11) is 0. The van der Waals surface area contributed by atoms with Crippen LogP contribution in [0.4, 0.5) is 5.69 Å². The van der Waals surface area contributed by atoms with Gasteiger partial charge in [-0.25, -0.2) is 0 Å². The Morgan fingerprint density at radius 1 is 1.32 bits per heavy atom. The summed E-state index contributed by atoms with van der Waals surface area (Å²) in [6.45, 7) is 2.14. The van der Waals surface area contributed by atoms with E-state index in [0.717, 1.165) is 6.42 Å². The van der Waals surface area contributed by atoms with Gasteiger partial charge in [0, 0.05) is 28.6 Å². The first-order valence-electron chi connectivity index (χ1n) is 10.4. The van der Waals surface area contributed by atoms with Gasteiger partial charge in [0.2, 0.25) is 17.7 Å². The van der Waals surface area contributed by atoms with Gasteiger partial charge >= 0.3 is 0 Å². The Labute approximate surface area is 193 Å². The molecular formula is C21H25BrClN3O5. The third kappa shape index (κ3) is 3.65. The van der Waals surface area contributed by atoms with E-state index in [1.165, 1.54) is 4.90 Å². The van der Waals surface area contributed by atoms with Gasteiger partial charge in [0.25, 0.3) is 0 Å². The number of nitrogens with zero attached hydrogens (tertiary/aromatic N) is 1. The predicted molar refractivity (Wildman–Crippen MR) is 118 cm³/mol. The monoisotopic (exact) mass is 513 g/mol. The SMILES string of the molecule is CCCNC(=O)[C@H]1[C@@H]2OC3(CC2Br)C(C(=O)Nc2ccc(Cl)cc2)N(CCO)C(=O)[C@H]13. The summed E-state index contributed by atoms with van der Waals surface area (Å²) < 4.78 is 6.31. The number of aliphatic hydroxyl groups excluding tert-OH is 1. The van der Waals surface area contributed by atoms with Gasteiger partial charge in [-0.3, -0.25) is 14.4 Å². The number of carbonyl (C=O) groups excluding carboxylic acids is 3. The summed E-state index contributed by atoms with van der Waals surface area (Å²) >= 11 is 9.53. The van der Waals surface area contributed by atoms with Gasteiger partial charge in [-0.1, -0.05) is 34.5 Å². The van der Waals surface area contributed by atoms with Gasteiger partial charge in [-0.05, 0) is 37.1 Å². The molecule has 3 amide bonds. The Bertz CT molecular complexity index is 884. The molecule has 0 aliphatic carbocycles. The van der Waals surface area contributed by atoms with Crippen LogP contribution in [0.15, 0.2) is 24.3 Å². The zero-order chi connectivity index (χ0) is 22.3. The number of likely N-dealkylation sites (tertiary alicyclic amines) is 1. The van der Waals surface area contributed by atoms with E-state index in [1.807, 2.05) is 6.92 Å². The third-order valence-electron chi connectivity index (χ3n) is 6.34. The molecule has 3 N–H and O–H groups in total. The van der Waals surface area contributed by atoms with Crippen molar-refractivity contribution in [2.24, 2.45) is 11.8 Å². The molecule has 0 aromatic heterocycles. The first-order valence-corrected chi connectivity index (χ1v) is 11.7. The second-order valence-corrected chi connectivity index (χ2v) is 9.82. The number of nitrogens with one attached hydrogen (secondary N) is 2. The minimum absolute atomic E-state index is 0.0138. The predicted octanol–water partition coefficient (Wildman–Crippen LogP) is 1.54. The summed E-state index contributed by atoms with van der Waals surface area (Å²) in [5.74, 6) is -2.44. The number of hydrogen-bond acceptors (Lipinski definition) is 5. The van der Waals surface area contributed by atoms with Gasteiger partial charge in [0.15, 0.2) is 0 Å². The van der Waals surface area contributed by atoms with Crippen LogP contribution in [0.3, 0.4) is 0 Å². The van der Waals surface area contributed by atoms with Gasteiger partial charge in [0.1, 0.15) is 11.6 Å². The Morgan fingerprint density at radius 3 is 2.68 bits per heavy atom. The van der Waals surface area contributed by atoms with Crippen molar-refractivity contribution >= 4 is 50.9 Å². The summed E-state index contributed by atoms with van der Waals surface area (Å²) in [6, 6.07) is 5.70. The van der Waals surface area contributed by atoms with Gasteiger partial charge in [-0.2, -0.15) is 0 Å². The normalized spacial score (nSPS) is 33.5. The number of halogens is 2. The van der Waals surface area contributed by atoms with Crippen molar-refractivity contribution in [2.75, 3.05) is 25.0 Å². The number of amides is 3. The zero-order valence-corrected chi connectivity index (χ0v) is 19.4. The number of ether oxygens (including phenoxy) is 1. The lowest BCUT2D eigenvalue weighted by atomic mass is 9.70. The van der Waals surface area contributed by atoms with Crippen LogP contribution < -0.4 is 10.6 Å². The van der Waals surface area contributed by atoms with Crippen molar-refractivity contribution in [2.45, 2.75) is 42.3 Å². The Balaban J connectivity index is 1.68. The molecule has 10 heteroatoms. The largest absolute Gasteiger partial charge is 0.395 e. The molecule has 1 aromatic rings.